The van der Waals surface area contributed by atoms with Gasteiger partial charge in [-0.1, -0.05) is 37.3 Å². The summed E-state index contributed by atoms with van der Waals surface area (Å²) in [4.78, 5) is 25.4. The summed E-state index contributed by atoms with van der Waals surface area (Å²) in [6, 6.07) is 16.0. The van der Waals surface area contributed by atoms with Gasteiger partial charge in [-0.3, -0.25) is 9.59 Å². The molecule has 2 amide bonds. The van der Waals surface area contributed by atoms with Gasteiger partial charge in [0, 0.05) is 25.8 Å². The number of nitrogens with one attached hydrogen (secondary N) is 1. The third-order valence-electron chi connectivity index (χ3n) is 4.12. The zero-order valence-electron chi connectivity index (χ0n) is 15.3. The van der Waals surface area contributed by atoms with Crippen LogP contribution >= 0.6 is 0 Å². The zero-order valence-corrected chi connectivity index (χ0v) is 15.3. The van der Waals surface area contributed by atoms with Crippen molar-refractivity contribution in [3.8, 4) is 5.75 Å². The van der Waals surface area contributed by atoms with E-state index in [0.717, 1.165) is 5.56 Å². The fourth-order valence-corrected chi connectivity index (χ4v) is 2.29. The van der Waals surface area contributed by atoms with E-state index in [9.17, 15) is 9.59 Å². The molecule has 0 aliphatic carbocycles. The second-order valence-electron chi connectivity index (χ2n) is 6.32. The third kappa shape index (κ3) is 5.32. The van der Waals surface area contributed by atoms with Gasteiger partial charge in [0.1, 0.15) is 5.75 Å². The van der Waals surface area contributed by atoms with E-state index in [1.54, 1.807) is 45.3 Å². The van der Waals surface area contributed by atoms with Crippen LogP contribution in [0.25, 0.3) is 0 Å². The van der Waals surface area contributed by atoms with Gasteiger partial charge in [-0.2, -0.15) is 0 Å². The summed E-state index contributed by atoms with van der Waals surface area (Å²) in [5.74, 6) is -0.0952. The van der Waals surface area contributed by atoms with E-state index in [1.165, 1.54) is 4.90 Å². The van der Waals surface area contributed by atoms with Crippen LogP contribution in [0.3, 0.4) is 0 Å². The summed E-state index contributed by atoms with van der Waals surface area (Å²) in [5.41, 5.74) is 7.76. The van der Waals surface area contributed by atoms with Crippen LogP contribution in [0.2, 0.25) is 0 Å². The lowest BCUT2D eigenvalue weighted by molar-refractivity contribution is -0.130. The monoisotopic (exact) mass is 355 g/mol. The van der Waals surface area contributed by atoms with E-state index in [0.29, 0.717) is 11.4 Å². The Balaban J connectivity index is 1.91. The van der Waals surface area contributed by atoms with Gasteiger partial charge in [-0.15, -0.1) is 0 Å². The van der Waals surface area contributed by atoms with Crippen molar-refractivity contribution in [2.24, 2.45) is 11.7 Å². The highest BCUT2D eigenvalue weighted by Gasteiger charge is 2.22. The minimum absolute atomic E-state index is 0.0261. The minimum atomic E-state index is -0.383. The molecule has 6 nitrogen and oxygen atoms in total. The molecule has 2 unspecified atom stereocenters. The maximum absolute atomic E-state index is 12.4. The molecule has 0 bridgehead atoms. The van der Waals surface area contributed by atoms with Crippen LogP contribution in [0, 0.1) is 5.92 Å². The average Bonchev–Trinajstić information content (AvgIpc) is 2.66. The second kappa shape index (κ2) is 9.01. The third-order valence-corrected chi connectivity index (χ3v) is 4.12. The van der Waals surface area contributed by atoms with E-state index in [2.05, 4.69) is 5.32 Å². The number of carbonyl (C=O) groups is 2. The van der Waals surface area contributed by atoms with Crippen molar-refractivity contribution in [2.45, 2.75) is 13.0 Å². The van der Waals surface area contributed by atoms with Gasteiger partial charge < -0.3 is 20.7 Å². The van der Waals surface area contributed by atoms with Crippen molar-refractivity contribution in [1.29, 1.82) is 0 Å². The highest BCUT2D eigenvalue weighted by Crippen LogP contribution is 2.22. The maximum atomic E-state index is 12.4. The van der Waals surface area contributed by atoms with Gasteiger partial charge in [0.05, 0.1) is 5.92 Å². The Morgan fingerprint density at radius 3 is 2.27 bits per heavy atom. The summed E-state index contributed by atoms with van der Waals surface area (Å²) in [7, 11) is 3.34. The number of likely N-dealkylation sites (N-methyl/N-ethyl adjacent to an activating group) is 1. The predicted molar refractivity (Wildman–Crippen MR) is 102 cm³/mol. The molecule has 2 aromatic carbocycles. The molecule has 0 fully saturated rings. The highest BCUT2D eigenvalue weighted by atomic mass is 16.5. The predicted octanol–water partition coefficient (Wildman–Crippen LogP) is 2.43. The Labute approximate surface area is 153 Å². The number of hydrogen-bond acceptors (Lipinski definition) is 4. The molecule has 138 valence electrons. The number of rotatable bonds is 7. The number of carbonyl (C=O) groups excluding carboxylic acids is 2. The number of benzene rings is 2. The number of ether oxygens (including phenoxy) is 1. The van der Waals surface area contributed by atoms with E-state index in [1.807, 2.05) is 30.3 Å². The smallest absolute Gasteiger partial charge is 0.259 e. The molecule has 0 saturated heterocycles. The molecule has 2 rings (SSSR count). The van der Waals surface area contributed by atoms with Crippen LogP contribution in [-0.4, -0.2) is 37.4 Å². The van der Waals surface area contributed by atoms with Crippen molar-refractivity contribution in [3.05, 3.63) is 60.2 Å². The zero-order chi connectivity index (χ0) is 19.1. The number of nitrogens with two attached hydrogens (primary N) is 1. The maximum Gasteiger partial charge on any atom is 0.259 e. The molecule has 0 aliphatic heterocycles. The lowest BCUT2D eigenvalue weighted by Crippen LogP contribution is -2.30. The number of amides is 2. The standard InChI is InChI=1S/C20H25N3O3/c1-14(19(21)15-7-5-4-6-8-15)20(25)22-16-9-11-17(12-10-16)26-13-18(24)23(2)3/h4-12,14,19H,13,21H2,1-3H3,(H,22,25). The highest BCUT2D eigenvalue weighted by molar-refractivity contribution is 5.92. The molecule has 0 spiro atoms. The summed E-state index contributed by atoms with van der Waals surface area (Å²) in [6.07, 6.45) is 0. The van der Waals surface area contributed by atoms with Gasteiger partial charge >= 0.3 is 0 Å². The minimum Gasteiger partial charge on any atom is -0.484 e. The Bertz CT molecular complexity index is 730. The molecule has 0 radical (unpaired) electrons. The van der Waals surface area contributed by atoms with Crippen LogP contribution in [0.1, 0.15) is 18.5 Å². The van der Waals surface area contributed by atoms with Gasteiger partial charge in [0.25, 0.3) is 5.91 Å². The molecule has 6 heteroatoms. The van der Waals surface area contributed by atoms with Crippen molar-refractivity contribution >= 4 is 17.5 Å². The lowest BCUT2D eigenvalue weighted by atomic mass is 9.94. The van der Waals surface area contributed by atoms with Gasteiger partial charge in [-0.25, -0.2) is 0 Å². The first-order valence-corrected chi connectivity index (χ1v) is 8.43. The molecular weight excluding hydrogens is 330 g/mol. The number of nitrogens with zero attached hydrogens (tertiary/aromatic N) is 1. The first-order valence-electron chi connectivity index (χ1n) is 8.43. The fourth-order valence-electron chi connectivity index (χ4n) is 2.29. The van der Waals surface area contributed by atoms with Crippen molar-refractivity contribution < 1.29 is 14.3 Å². The van der Waals surface area contributed by atoms with Gasteiger partial charge in [0.2, 0.25) is 5.91 Å². The Morgan fingerprint density at radius 1 is 1.08 bits per heavy atom. The Kier molecular flexibility index (Phi) is 6.74. The van der Waals surface area contributed by atoms with Gasteiger partial charge in [0.15, 0.2) is 6.61 Å². The van der Waals surface area contributed by atoms with E-state index in [4.69, 9.17) is 10.5 Å². The van der Waals surface area contributed by atoms with Crippen LogP contribution in [0.4, 0.5) is 5.69 Å². The Morgan fingerprint density at radius 2 is 1.69 bits per heavy atom. The molecule has 0 heterocycles. The summed E-state index contributed by atoms with van der Waals surface area (Å²) < 4.78 is 5.41. The molecular formula is C20H25N3O3. The van der Waals surface area contributed by atoms with Crippen molar-refractivity contribution in [1.82, 2.24) is 4.90 Å². The molecule has 3 N–H and O–H groups in total. The number of anilines is 1. The first kappa shape index (κ1) is 19.5. The van der Waals surface area contributed by atoms with Crippen LogP contribution in [0.5, 0.6) is 5.75 Å². The number of hydrogen-bond donors (Lipinski definition) is 2. The molecule has 2 atom stereocenters. The van der Waals surface area contributed by atoms with Crippen molar-refractivity contribution in [2.75, 3.05) is 26.0 Å². The Hall–Kier alpha value is -2.86. The normalized spacial score (nSPS) is 12.8. The van der Waals surface area contributed by atoms with Crippen molar-refractivity contribution in [3.63, 3.8) is 0 Å². The SMILES string of the molecule is CC(C(=O)Nc1ccc(OCC(=O)N(C)C)cc1)C(N)c1ccccc1. The quantitative estimate of drug-likeness (QED) is 0.799. The van der Waals surface area contributed by atoms with Crippen LogP contribution < -0.4 is 15.8 Å². The fraction of sp³-hybridized carbons (Fsp3) is 0.300. The molecule has 26 heavy (non-hydrogen) atoms. The van der Waals surface area contributed by atoms with E-state index in [-0.39, 0.29) is 30.4 Å². The molecule has 0 aliphatic rings. The van der Waals surface area contributed by atoms with Gasteiger partial charge in [-0.05, 0) is 29.8 Å². The van der Waals surface area contributed by atoms with Crippen LogP contribution in [-0.2, 0) is 9.59 Å². The lowest BCUT2D eigenvalue weighted by Gasteiger charge is -2.20. The first-order chi connectivity index (χ1) is 12.4. The largest absolute Gasteiger partial charge is 0.484 e. The average molecular weight is 355 g/mol. The molecule has 0 aromatic heterocycles. The van der Waals surface area contributed by atoms with E-state index < -0.39 is 0 Å². The van der Waals surface area contributed by atoms with Crippen LogP contribution in [0.15, 0.2) is 54.6 Å². The summed E-state index contributed by atoms with van der Waals surface area (Å²) >= 11 is 0. The topological polar surface area (TPSA) is 84.7 Å². The molecule has 0 saturated carbocycles. The summed E-state index contributed by atoms with van der Waals surface area (Å²) in [5, 5.41) is 2.85. The second-order valence-corrected chi connectivity index (χ2v) is 6.32. The summed E-state index contributed by atoms with van der Waals surface area (Å²) in [6.45, 7) is 1.78. The van der Waals surface area contributed by atoms with E-state index >= 15 is 0 Å². The molecule has 2 aromatic rings.